The highest BCUT2D eigenvalue weighted by molar-refractivity contribution is 5.26. The number of hydrogen-bond donors (Lipinski definition) is 1. The normalized spacial score (nSPS) is 22.0. The van der Waals surface area contributed by atoms with Crippen LogP contribution in [0.1, 0.15) is 13.8 Å². The first-order chi connectivity index (χ1) is 4.60. The largest absolute Gasteiger partial charge is 0.508 e. The molecule has 0 saturated heterocycles. The first kappa shape index (κ1) is 7.13. The van der Waals surface area contributed by atoms with E-state index in [-0.39, 0.29) is 5.41 Å². The minimum atomic E-state index is -0.0203. The molecule has 54 valence electrons. The Morgan fingerprint density at radius 2 is 2.00 bits per heavy atom. The van der Waals surface area contributed by atoms with Crippen LogP contribution in [0.5, 0.6) is 0 Å². The molecule has 0 atom stereocenters. The Labute approximate surface area is 61.4 Å². The Bertz CT molecular complexity index is 207. The van der Waals surface area contributed by atoms with Crippen molar-refractivity contribution in [2.24, 2.45) is 5.41 Å². The van der Waals surface area contributed by atoms with Crippen LogP contribution in [0.3, 0.4) is 0 Å². The monoisotopic (exact) mass is 136 g/mol. The van der Waals surface area contributed by atoms with Gasteiger partial charge < -0.3 is 5.11 Å². The maximum atomic E-state index is 9.16. The van der Waals surface area contributed by atoms with E-state index in [1.807, 2.05) is 38.2 Å². The van der Waals surface area contributed by atoms with Gasteiger partial charge in [-0.15, -0.1) is 0 Å². The molecule has 0 heterocycles. The highest BCUT2D eigenvalue weighted by atomic mass is 16.3. The maximum Gasteiger partial charge on any atom is 0.112 e. The van der Waals surface area contributed by atoms with Crippen molar-refractivity contribution in [1.29, 1.82) is 0 Å². The molecule has 1 N–H and O–H groups in total. The van der Waals surface area contributed by atoms with Gasteiger partial charge in [-0.05, 0) is 12.2 Å². The lowest BCUT2D eigenvalue weighted by Gasteiger charge is -2.12. The summed E-state index contributed by atoms with van der Waals surface area (Å²) in [5, 5.41) is 9.16. The van der Waals surface area contributed by atoms with Crippen LogP contribution >= 0.6 is 0 Å². The van der Waals surface area contributed by atoms with Crippen molar-refractivity contribution >= 4 is 0 Å². The van der Waals surface area contributed by atoms with Crippen molar-refractivity contribution in [2.45, 2.75) is 13.8 Å². The molecular weight excluding hydrogens is 124 g/mol. The third-order valence-corrected chi connectivity index (χ3v) is 1.42. The lowest BCUT2D eigenvalue weighted by molar-refractivity contribution is 0.419. The predicted molar refractivity (Wildman–Crippen MR) is 42.8 cm³/mol. The third-order valence-electron chi connectivity index (χ3n) is 1.42. The lowest BCUT2D eigenvalue weighted by atomic mass is 9.93. The molecule has 0 aromatic carbocycles. The Morgan fingerprint density at radius 3 is 2.70 bits per heavy atom. The Kier molecular flexibility index (Phi) is 1.66. The van der Waals surface area contributed by atoms with Crippen molar-refractivity contribution in [3.8, 4) is 0 Å². The van der Waals surface area contributed by atoms with Gasteiger partial charge in [0.1, 0.15) is 5.76 Å². The average molecular weight is 136 g/mol. The summed E-state index contributed by atoms with van der Waals surface area (Å²) in [6.45, 7) is 4.10. The fraction of sp³-hybridized carbons (Fsp3) is 0.333. The van der Waals surface area contributed by atoms with Gasteiger partial charge in [-0.1, -0.05) is 32.1 Å². The molecule has 1 nitrogen and oxygen atoms in total. The molecule has 0 fully saturated rings. The summed E-state index contributed by atoms with van der Waals surface area (Å²) in [5.41, 5.74) is -0.0203. The second-order valence-corrected chi connectivity index (χ2v) is 3.11. The second kappa shape index (κ2) is 2.33. The molecule has 0 radical (unpaired) electrons. The molecule has 0 spiro atoms. The molecule has 0 aromatic heterocycles. The Balaban J connectivity index is 2.93. The van der Waals surface area contributed by atoms with E-state index in [4.69, 9.17) is 5.11 Å². The molecule has 10 heavy (non-hydrogen) atoms. The molecule has 1 aliphatic rings. The van der Waals surface area contributed by atoms with Gasteiger partial charge in [0.15, 0.2) is 0 Å². The van der Waals surface area contributed by atoms with Crippen molar-refractivity contribution in [2.75, 3.05) is 0 Å². The zero-order valence-electron chi connectivity index (χ0n) is 6.33. The van der Waals surface area contributed by atoms with Gasteiger partial charge in [0.25, 0.3) is 0 Å². The fourth-order valence-corrected chi connectivity index (χ4v) is 0.935. The first-order valence-corrected chi connectivity index (χ1v) is 3.38. The molecule has 0 aliphatic heterocycles. The van der Waals surface area contributed by atoms with Crippen molar-refractivity contribution < 1.29 is 5.11 Å². The molecule has 1 heteroatoms. The molecule has 0 amide bonds. The van der Waals surface area contributed by atoms with Gasteiger partial charge in [0, 0.05) is 5.41 Å². The molecule has 0 bridgehead atoms. The standard InChI is InChI=1S/C9H12O/c1-9(2)6-4-3-5-8(10)7-9/h3-7,10H,1-2H3. The smallest absolute Gasteiger partial charge is 0.112 e. The number of aliphatic hydroxyl groups is 1. The zero-order valence-corrected chi connectivity index (χ0v) is 6.33. The zero-order chi connectivity index (χ0) is 7.61. The number of aliphatic hydroxyl groups excluding tert-OH is 1. The van der Waals surface area contributed by atoms with Crippen LogP contribution < -0.4 is 0 Å². The summed E-state index contributed by atoms with van der Waals surface area (Å²) in [6, 6.07) is 0. The van der Waals surface area contributed by atoms with E-state index in [0.717, 1.165) is 0 Å². The van der Waals surface area contributed by atoms with Crippen LogP contribution in [0.25, 0.3) is 0 Å². The van der Waals surface area contributed by atoms with Gasteiger partial charge in [-0.2, -0.15) is 0 Å². The summed E-state index contributed by atoms with van der Waals surface area (Å²) in [6.07, 6.45) is 9.34. The molecule has 1 aliphatic carbocycles. The second-order valence-electron chi connectivity index (χ2n) is 3.11. The average Bonchev–Trinajstić information content (AvgIpc) is 1.90. The van der Waals surface area contributed by atoms with Crippen LogP contribution in [-0.2, 0) is 0 Å². The van der Waals surface area contributed by atoms with E-state index in [9.17, 15) is 0 Å². The highest BCUT2D eigenvalue weighted by Crippen LogP contribution is 2.22. The van der Waals surface area contributed by atoms with Crippen LogP contribution in [0.2, 0.25) is 0 Å². The minimum absolute atomic E-state index is 0.0203. The van der Waals surface area contributed by atoms with E-state index in [1.165, 1.54) is 0 Å². The van der Waals surface area contributed by atoms with Crippen LogP contribution in [0.4, 0.5) is 0 Å². The van der Waals surface area contributed by atoms with E-state index in [1.54, 1.807) is 6.08 Å². The molecule has 1 rings (SSSR count). The summed E-state index contributed by atoms with van der Waals surface area (Å²) in [5.74, 6) is 0.343. The van der Waals surface area contributed by atoms with Crippen LogP contribution in [0, 0.1) is 5.41 Å². The van der Waals surface area contributed by atoms with Gasteiger partial charge in [0.2, 0.25) is 0 Å². The fourth-order valence-electron chi connectivity index (χ4n) is 0.935. The third kappa shape index (κ3) is 1.76. The highest BCUT2D eigenvalue weighted by Gasteiger charge is 2.11. The maximum absolute atomic E-state index is 9.16. The van der Waals surface area contributed by atoms with Crippen molar-refractivity contribution in [3.63, 3.8) is 0 Å². The number of hydrogen-bond acceptors (Lipinski definition) is 1. The Morgan fingerprint density at radius 1 is 1.30 bits per heavy atom. The van der Waals surface area contributed by atoms with Crippen molar-refractivity contribution in [3.05, 3.63) is 36.1 Å². The van der Waals surface area contributed by atoms with Gasteiger partial charge >= 0.3 is 0 Å². The number of allylic oxidation sites excluding steroid dienone is 5. The van der Waals surface area contributed by atoms with Crippen LogP contribution in [-0.4, -0.2) is 5.11 Å². The first-order valence-electron chi connectivity index (χ1n) is 3.38. The molecule has 0 aromatic rings. The van der Waals surface area contributed by atoms with E-state index in [0.29, 0.717) is 5.76 Å². The van der Waals surface area contributed by atoms with E-state index in [2.05, 4.69) is 0 Å². The lowest BCUT2D eigenvalue weighted by Crippen LogP contribution is -2.02. The van der Waals surface area contributed by atoms with Gasteiger partial charge in [-0.25, -0.2) is 0 Å². The predicted octanol–water partition coefficient (Wildman–Crippen LogP) is 2.58. The molecule has 0 unspecified atom stereocenters. The number of rotatable bonds is 0. The summed E-state index contributed by atoms with van der Waals surface area (Å²) in [4.78, 5) is 0. The van der Waals surface area contributed by atoms with E-state index >= 15 is 0 Å². The van der Waals surface area contributed by atoms with Gasteiger partial charge in [0.05, 0.1) is 0 Å². The van der Waals surface area contributed by atoms with Crippen molar-refractivity contribution in [1.82, 2.24) is 0 Å². The Hall–Kier alpha value is -0.980. The molecular formula is C9H12O. The topological polar surface area (TPSA) is 20.2 Å². The summed E-state index contributed by atoms with van der Waals surface area (Å²) < 4.78 is 0. The van der Waals surface area contributed by atoms with Crippen LogP contribution in [0.15, 0.2) is 36.1 Å². The SMILES string of the molecule is CC1(C)C=CC=CC(O)=C1. The summed E-state index contributed by atoms with van der Waals surface area (Å²) >= 11 is 0. The van der Waals surface area contributed by atoms with Gasteiger partial charge in [-0.3, -0.25) is 0 Å². The molecule has 0 saturated carbocycles. The van der Waals surface area contributed by atoms with E-state index < -0.39 is 0 Å². The quantitative estimate of drug-likeness (QED) is 0.542. The minimum Gasteiger partial charge on any atom is -0.508 e. The summed E-state index contributed by atoms with van der Waals surface area (Å²) in [7, 11) is 0.